The monoisotopic (exact) mass is 268 g/mol. The third-order valence-electron chi connectivity index (χ3n) is 2.58. The first kappa shape index (κ1) is 15.7. The summed E-state index contributed by atoms with van der Waals surface area (Å²) in [6, 6.07) is 0. The molecule has 0 atom stereocenters. The van der Waals surface area contributed by atoms with Crippen LogP contribution in [0.25, 0.3) is 0 Å². The Kier molecular flexibility index (Phi) is 7.14. The molecule has 108 valence electrons. The van der Waals surface area contributed by atoms with Gasteiger partial charge >= 0.3 is 0 Å². The zero-order valence-electron chi connectivity index (χ0n) is 11.7. The number of nitrogens with one attached hydrogen (secondary N) is 2. The van der Waals surface area contributed by atoms with E-state index in [1.54, 1.807) is 10.9 Å². The maximum atomic E-state index is 11.5. The second-order valence-corrected chi connectivity index (χ2v) is 4.96. The van der Waals surface area contributed by atoms with Gasteiger partial charge in [0.1, 0.15) is 0 Å². The molecular formula is C13H24N4O2. The smallest absolute Gasteiger partial charge is 0.221 e. The summed E-state index contributed by atoms with van der Waals surface area (Å²) in [5.41, 5.74) is 1.05. The van der Waals surface area contributed by atoms with E-state index in [4.69, 9.17) is 5.11 Å². The summed E-state index contributed by atoms with van der Waals surface area (Å²) < 4.78 is 1.70. The van der Waals surface area contributed by atoms with Crippen LogP contribution in [0.4, 0.5) is 0 Å². The van der Waals surface area contributed by atoms with E-state index in [0.29, 0.717) is 32.0 Å². The van der Waals surface area contributed by atoms with Gasteiger partial charge in [0.05, 0.1) is 19.3 Å². The average Bonchev–Trinajstić information content (AvgIpc) is 2.80. The fraction of sp³-hybridized carbons (Fsp3) is 0.692. The third-order valence-corrected chi connectivity index (χ3v) is 2.58. The molecule has 1 aromatic heterocycles. The summed E-state index contributed by atoms with van der Waals surface area (Å²) in [4.78, 5) is 11.5. The normalized spacial score (nSPS) is 10.9. The molecule has 3 N–H and O–H groups in total. The van der Waals surface area contributed by atoms with Crippen molar-refractivity contribution in [2.75, 3.05) is 19.7 Å². The lowest BCUT2D eigenvalue weighted by molar-refractivity contribution is -0.121. The number of nitrogens with zero attached hydrogens (tertiary/aromatic N) is 2. The molecule has 6 heteroatoms. The van der Waals surface area contributed by atoms with Crippen molar-refractivity contribution in [2.24, 2.45) is 5.92 Å². The Morgan fingerprint density at radius 2 is 2.32 bits per heavy atom. The van der Waals surface area contributed by atoms with E-state index in [1.807, 2.05) is 6.20 Å². The molecule has 0 spiro atoms. The van der Waals surface area contributed by atoms with Gasteiger partial charge in [-0.3, -0.25) is 9.48 Å². The molecule has 1 rings (SSSR count). The van der Waals surface area contributed by atoms with Gasteiger partial charge in [0.2, 0.25) is 5.91 Å². The quantitative estimate of drug-likeness (QED) is 0.556. The number of carbonyl (C=O) groups excluding carboxylic acids is 1. The van der Waals surface area contributed by atoms with Crippen LogP contribution in [-0.2, 0) is 17.9 Å². The maximum absolute atomic E-state index is 11.5. The highest BCUT2D eigenvalue weighted by atomic mass is 16.3. The summed E-state index contributed by atoms with van der Waals surface area (Å²) >= 11 is 0. The lowest BCUT2D eigenvalue weighted by Crippen LogP contribution is -2.30. The van der Waals surface area contributed by atoms with Gasteiger partial charge in [-0.1, -0.05) is 13.8 Å². The average molecular weight is 268 g/mol. The van der Waals surface area contributed by atoms with Crippen LogP contribution >= 0.6 is 0 Å². The number of amides is 1. The van der Waals surface area contributed by atoms with E-state index < -0.39 is 0 Å². The molecule has 1 amide bonds. The van der Waals surface area contributed by atoms with Crippen LogP contribution in [-0.4, -0.2) is 40.5 Å². The summed E-state index contributed by atoms with van der Waals surface area (Å²) in [6.45, 7) is 6.80. The molecule has 1 heterocycles. The second-order valence-electron chi connectivity index (χ2n) is 4.96. The number of hydrogen-bond donors (Lipinski definition) is 3. The van der Waals surface area contributed by atoms with Crippen LogP contribution in [0.3, 0.4) is 0 Å². The Morgan fingerprint density at radius 3 is 3.00 bits per heavy atom. The maximum Gasteiger partial charge on any atom is 0.221 e. The van der Waals surface area contributed by atoms with Crippen LogP contribution < -0.4 is 10.6 Å². The van der Waals surface area contributed by atoms with Gasteiger partial charge in [0.25, 0.3) is 0 Å². The molecule has 0 unspecified atom stereocenters. The highest BCUT2D eigenvalue weighted by Gasteiger charge is 2.02. The zero-order valence-corrected chi connectivity index (χ0v) is 11.7. The first-order valence-electron chi connectivity index (χ1n) is 6.71. The summed E-state index contributed by atoms with van der Waals surface area (Å²) in [5, 5.41) is 19.0. The minimum atomic E-state index is 0.0807. The number of carbonyl (C=O) groups is 1. The minimum absolute atomic E-state index is 0.0807. The van der Waals surface area contributed by atoms with E-state index >= 15 is 0 Å². The summed E-state index contributed by atoms with van der Waals surface area (Å²) in [6.07, 6.45) is 4.14. The van der Waals surface area contributed by atoms with Gasteiger partial charge in [-0.05, 0) is 5.92 Å². The van der Waals surface area contributed by atoms with Crippen molar-refractivity contribution in [2.45, 2.75) is 33.4 Å². The van der Waals surface area contributed by atoms with Crippen molar-refractivity contribution in [3.63, 3.8) is 0 Å². The highest BCUT2D eigenvalue weighted by molar-refractivity contribution is 5.76. The van der Waals surface area contributed by atoms with Gasteiger partial charge in [-0.25, -0.2) is 0 Å². The number of rotatable bonds is 9. The van der Waals surface area contributed by atoms with Gasteiger partial charge in [0.15, 0.2) is 0 Å². The molecule has 19 heavy (non-hydrogen) atoms. The largest absolute Gasteiger partial charge is 0.394 e. The van der Waals surface area contributed by atoms with Crippen LogP contribution in [0.15, 0.2) is 12.4 Å². The van der Waals surface area contributed by atoms with Crippen molar-refractivity contribution in [1.82, 2.24) is 20.4 Å². The van der Waals surface area contributed by atoms with Gasteiger partial charge in [-0.15, -0.1) is 0 Å². The number of aromatic nitrogens is 2. The Bertz CT molecular complexity index is 376. The topological polar surface area (TPSA) is 79.2 Å². The molecule has 0 aliphatic rings. The predicted molar refractivity (Wildman–Crippen MR) is 73.5 cm³/mol. The first-order chi connectivity index (χ1) is 9.11. The number of hydrogen-bond acceptors (Lipinski definition) is 4. The molecule has 0 aromatic carbocycles. The summed E-state index contributed by atoms with van der Waals surface area (Å²) in [5.74, 6) is 0.562. The van der Waals surface area contributed by atoms with Crippen molar-refractivity contribution in [3.05, 3.63) is 18.0 Å². The van der Waals surface area contributed by atoms with Crippen molar-refractivity contribution >= 4 is 5.91 Å². The number of aliphatic hydroxyl groups excluding tert-OH is 1. The van der Waals surface area contributed by atoms with Gasteiger partial charge < -0.3 is 15.7 Å². The SMILES string of the molecule is CC(C)CNC(=O)CCNCc1cnn(CCO)c1. The van der Waals surface area contributed by atoms with Crippen LogP contribution in [0.5, 0.6) is 0 Å². The lowest BCUT2D eigenvalue weighted by atomic mass is 10.2. The summed E-state index contributed by atoms with van der Waals surface area (Å²) in [7, 11) is 0. The predicted octanol–water partition coefficient (Wildman–Crippen LogP) is 0.127. The first-order valence-corrected chi connectivity index (χ1v) is 6.71. The van der Waals surface area contributed by atoms with E-state index in [9.17, 15) is 4.79 Å². The lowest BCUT2D eigenvalue weighted by Gasteiger charge is -2.07. The van der Waals surface area contributed by atoms with E-state index in [0.717, 1.165) is 12.1 Å². The molecule has 0 aliphatic carbocycles. The molecule has 0 saturated carbocycles. The standard InChI is InChI=1S/C13H24N4O2/c1-11(2)7-15-13(19)3-4-14-8-12-9-16-17(10-12)5-6-18/h9-11,14,18H,3-8H2,1-2H3,(H,15,19). The van der Waals surface area contributed by atoms with Crippen molar-refractivity contribution in [1.29, 1.82) is 0 Å². The van der Waals surface area contributed by atoms with Crippen molar-refractivity contribution < 1.29 is 9.90 Å². The third kappa shape index (κ3) is 6.93. The zero-order chi connectivity index (χ0) is 14.1. The minimum Gasteiger partial charge on any atom is -0.394 e. The molecule has 0 saturated heterocycles. The molecule has 0 fully saturated rings. The van der Waals surface area contributed by atoms with Crippen LogP contribution in [0.2, 0.25) is 0 Å². The molecule has 0 aliphatic heterocycles. The molecule has 0 radical (unpaired) electrons. The fourth-order valence-electron chi connectivity index (χ4n) is 1.56. The second kappa shape index (κ2) is 8.66. The molecular weight excluding hydrogens is 244 g/mol. The van der Waals surface area contributed by atoms with E-state index in [-0.39, 0.29) is 12.5 Å². The van der Waals surface area contributed by atoms with Crippen LogP contribution in [0.1, 0.15) is 25.8 Å². The molecule has 6 nitrogen and oxygen atoms in total. The van der Waals surface area contributed by atoms with Gasteiger partial charge in [0, 0.05) is 37.8 Å². The Hall–Kier alpha value is -1.40. The Labute approximate surface area is 114 Å². The Morgan fingerprint density at radius 1 is 1.53 bits per heavy atom. The van der Waals surface area contributed by atoms with Crippen LogP contribution in [0, 0.1) is 5.92 Å². The van der Waals surface area contributed by atoms with Gasteiger partial charge in [-0.2, -0.15) is 5.10 Å². The fourth-order valence-corrected chi connectivity index (χ4v) is 1.56. The molecule has 0 bridgehead atoms. The highest BCUT2D eigenvalue weighted by Crippen LogP contribution is 1.97. The van der Waals surface area contributed by atoms with E-state index in [2.05, 4.69) is 29.6 Å². The van der Waals surface area contributed by atoms with E-state index in [1.165, 1.54) is 0 Å². The number of aliphatic hydroxyl groups is 1. The Balaban J connectivity index is 2.11. The molecule has 1 aromatic rings. The van der Waals surface area contributed by atoms with Crippen molar-refractivity contribution in [3.8, 4) is 0 Å².